The second-order valence-corrected chi connectivity index (χ2v) is 6.12. The third-order valence-corrected chi connectivity index (χ3v) is 4.25. The molecule has 1 aromatic heterocycles. The summed E-state index contributed by atoms with van der Waals surface area (Å²) in [6.45, 7) is 4.64. The molecule has 3 aromatic rings. The zero-order chi connectivity index (χ0) is 17.5. The molecule has 0 aliphatic heterocycles. The number of rotatable bonds is 9. The summed E-state index contributed by atoms with van der Waals surface area (Å²) in [4.78, 5) is 3.32. The van der Waals surface area contributed by atoms with Crippen LogP contribution in [-0.2, 0) is 13.0 Å². The van der Waals surface area contributed by atoms with Crippen molar-refractivity contribution in [1.29, 1.82) is 0 Å². The first kappa shape index (κ1) is 17.4. The number of methoxy groups -OCH3 is 1. The van der Waals surface area contributed by atoms with Crippen LogP contribution in [0.15, 0.2) is 48.7 Å². The van der Waals surface area contributed by atoms with Gasteiger partial charge in [0.15, 0.2) is 0 Å². The highest BCUT2D eigenvalue weighted by atomic mass is 16.5. The third kappa shape index (κ3) is 4.34. The third-order valence-electron chi connectivity index (χ3n) is 4.25. The Labute approximate surface area is 149 Å². The molecule has 1 heterocycles. The molecule has 0 unspecified atom stereocenters. The molecule has 0 saturated heterocycles. The van der Waals surface area contributed by atoms with Gasteiger partial charge in [-0.05, 0) is 48.7 Å². The Morgan fingerprint density at radius 3 is 2.84 bits per heavy atom. The lowest BCUT2D eigenvalue weighted by Crippen LogP contribution is -2.16. The summed E-state index contributed by atoms with van der Waals surface area (Å²) in [7, 11) is 1.70. The van der Waals surface area contributed by atoms with Gasteiger partial charge in [-0.1, -0.05) is 31.2 Å². The minimum absolute atomic E-state index is 0.765. The Hall–Kier alpha value is -2.46. The number of para-hydroxylation sites is 1. The number of H-pyrrole nitrogens is 1. The van der Waals surface area contributed by atoms with Gasteiger partial charge in [-0.15, -0.1) is 0 Å². The second kappa shape index (κ2) is 8.58. The molecule has 2 N–H and O–H groups in total. The first-order valence-corrected chi connectivity index (χ1v) is 8.87. The number of benzene rings is 2. The maximum Gasteiger partial charge on any atom is 0.142 e. The zero-order valence-electron chi connectivity index (χ0n) is 15.0. The molecule has 0 bridgehead atoms. The molecule has 0 spiro atoms. The van der Waals surface area contributed by atoms with Crippen molar-refractivity contribution >= 4 is 10.9 Å². The van der Waals surface area contributed by atoms with Gasteiger partial charge in [-0.2, -0.15) is 0 Å². The molecule has 2 aromatic carbocycles. The molecule has 0 atom stereocenters. The van der Waals surface area contributed by atoms with Gasteiger partial charge in [0.25, 0.3) is 0 Å². The van der Waals surface area contributed by atoms with Crippen molar-refractivity contribution in [2.75, 3.05) is 20.3 Å². The first-order chi connectivity index (χ1) is 12.3. The Morgan fingerprint density at radius 1 is 1.12 bits per heavy atom. The molecular weight excluding hydrogens is 312 g/mol. The van der Waals surface area contributed by atoms with Crippen molar-refractivity contribution in [1.82, 2.24) is 10.3 Å². The summed E-state index contributed by atoms with van der Waals surface area (Å²) >= 11 is 0. The van der Waals surface area contributed by atoms with E-state index in [1.165, 1.54) is 16.5 Å². The fourth-order valence-electron chi connectivity index (χ4n) is 2.98. The molecule has 0 fully saturated rings. The maximum atomic E-state index is 5.69. The van der Waals surface area contributed by atoms with E-state index in [9.17, 15) is 0 Å². The average molecular weight is 338 g/mol. The van der Waals surface area contributed by atoms with E-state index in [2.05, 4.69) is 41.6 Å². The first-order valence-electron chi connectivity index (χ1n) is 8.87. The predicted molar refractivity (Wildman–Crippen MR) is 102 cm³/mol. The van der Waals surface area contributed by atoms with Gasteiger partial charge >= 0.3 is 0 Å². The molecule has 25 heavy (non-hydrogen) atoms. The van der Waals surface area contributed by atoms with Crippen LogP contribution in [0.2, 0.25) is 0 Å². The molecule has 4 nitrogen and oxygen atoms in total. The largest absolute Gasteiger partial charge is 0.495 e. The van der Waals surface area contributed by atoms with Gasteiger partial charge in [0.2, 0.25) is 0 Å². The Morgan fingerprint density at radius 2 is 2.00 bits per heavy atom. The normalized spacial score (nSPS) is 11.0. The van der Waals surface area contributed by atoms with Crippen LogP contribution >= 0.6 is 0 Å². The van der Waals surface area contributed by atoms with Crippen molar-refractivity contribution in [2.45, 2.75) is 26.3 Å². The lowest BCUT2D eigenvalue weighted by molar-refractivity contribution is 0.317. The zero-order valence-corrected chi connectivity index (χ0v) is 15.0. The van der Waals surface area contributed by atoms with E-state index < -0.39 is 0 Å². The number of hydrogen-bond donors (Lipinski definition) is 2. The summed E-state index contributed by atoms with van der Waals surface area (Å²) in [5.41, 5.74) is 3.62. The number of aromatic nitrogens is 1. The summed E-state index contributed by atoms with van der Waals surface area (Å²) < 4.78 is 11.1. The van der Waals surface area contributed by atoms with Gasteiger partial charge in [0.1, 0.15) is 11.5 Å². The number of hydrogen-bond acceptors (Lipinski definition) is 3. The number of nitrogens with one attached hydrogen (secondary N) is 2. The highest BCUT2D eigenvalue weighted by Gasteiger charge is 2.07. The summed E-state index contributed by atoms with van der Waals surface area (Å²) in [5, 5.41) is 4.75. The quantitative estimate of drug-likeness (QED) is 0.572. The topological polar surface area (TPSA) is 46.3 Å². The van der Waals surface area contributed by atoms with E-state index in [-0.39, 0.29) is 0 Å². The summed E-state index contributed by atoms with van der Waals surface area (Å²) in [6, 6.07) is 14.5. The molecule has 4 heteroatoms. The summed E-state index contributed by atoms with van der Waals surface area (Å²) in [6.07, 6.45) is 4.07. The van der Waals surface area contributed by atoms with Crippen LogP contribution < -0.4 is 14.8 Å². The number of ether oxygens (including phenoxy) is 2. The number of fused-ring (bicyclic) bond motifs is 1. The van der Waals surface area contributed by atoms with Gasteiger partial charge in [0, 0.05) is 18.1 Å². The lowest BCUT2D eigenvalue weighted by Gasteiger charge is -2.08. The Balaban J connectivity index is 1.54. The van der Waals surface area contributed by atoms with Crippen LogP contribution in [0, 0.1) is 0 Å². The predicted octanol–water partition coefficient (Wildman–Crippen LogP) is 4.30. The SMILES string of the molecule is CCCOc1cccc(CNCCc2c[nH]c3c(OC)cccc23)c1. The van der Waals surface area contributed by atoms with Crippen LogP contribution in [0.1, 0.15) is 24.5 Å². The van der Waals surface area contributed by atoms with Crippen molar-refractivity contribution in [3.05, 3.63) is 59.8 Å². The highest BCUT2D eigenvalue weighted by molar-refractivity contribution is 5.88. The maximum absolute atomic E-state index is 5.69. The minimum atomic E-state index is 0.765. The fraction of sp³-hybridized carbons (Fsp3) is 0.333. The molecule has 0 radical (unpaired) electrons. The molecular formula is C21H26N2O2. The van der Waals surface area contributed by atoms with Crippen molar-refractivity contribution < 1.29 is 9.47 Å². The van der Waals surface area contributed by atoms with E-state index in [4.69, 9.17) is 9.47 Å². The highest BCUT2D eigenvalue weighted by Crippen LogP contribution is 2.27. The molecule has 3 rings (SSSR count). The van der Waals surface area contributed by atoms with Crippen LogP contribution in [0.25, 0.3) is 10.9 Å². The standard InChI is InChI=1S/C21H26N2O2/c1-3-12-25-18-7-4-6-16(13-18)14-22-11-10-17-15-23-21-19(17)8-5-9-20(21)24-2/h4-9,13,15,22-23H,3,10-12,14H2,1-2H3. The Kier molecular flexibility index (Phi) is 5.96. The van der Waals surface area contributed by atoms with Crippen LogP contribution in [0.4, 0.5) is 0 Å². The lowest BCUT2D eigenvalue weighted by atomic mass is 10.1. The van der Waals surface area contributed by atoms with Crippen molar-refractivity contribution in [3.63, 3.8) is 0 Å². The van der Waals surface area contributed by atoms with Crippen LogP contribution in [0.3, 0.4) is 0 Å². The van der Waals surface area contributed by atoms with Gasteiger partial charge in [-0.3, -0.25) is 0 Å². The van der Waals surface area contributed by atoms with Crippen molar-refractivity contribution in [3.8, 4) is 11.5 Å². The smallest absolute Gasteiger partial charge is 0.142 e. The molecule has 0 saturated carbocycles. The van der Waals surface area contributed by atoms with Crippen LogP contribution in [0.5, 0.6) is 11.5 Å². The van der Waals surface area contributed by atoms with Crippen molar-refractivity contribution in [2.24, 2.45) is 0 Å². The molecule has 0 aliphatic carbocycles. The average Bonchev–Trinajstić information content (AvgIpc) is 3.07. The van der Waals surface area contributed by atoms with E-state index in [0.29, 0.717) is 0 Å². The molecule has 0 aliphatic rings. The minimum Gasteiger partial charge on any atom is -0.495 e. The van der Waals surface area contributed by atoms with E-state index >= 15 is 0 Å². The molecule has 0 amide bonds. The fourth-order valence-corrected chi connectivity index (χ4v) is 2.98. The van der Waals surface area contributed by atoms with Gasteiger partial charge < -0.3 is 19.8 Å². The molecule has 132 valence electrons. The van der Waals surface area contributed by atoms with Gasteiger partial charge in [0.05, 0.1) is 19.2 Å². The van der Waals surface area contributed by atoms with E-state index in [1.807, 2.05) is 24.3 Å². The monoisotopic (exact) mass is 338 g/mol. The van der Waals surface area contributed by atoms with E-state index in [1.54, 1.807) is 7.11 Å². The van der Waals surface area contributed by atoms with Gasteiger partial charge in [-0.25, -0.2) is 0 Å². The van der Waals surface area contributed by atoms with E-state index in [0.717, 1.165) is 49.6 Å². The second-order valence-electron chi connectivity index (χ2n) is 6.12. The summed E-state index contributed by atoms with van der Waals surface area (Å²) in [5.74, 6) is 1.84. The van der Waals surface area contributed by atoms with Crippen LogP contribution in [-0.4, -0.2) is 25.2 Å². The Bertz CT molecular complexity index is 811. The number of aromatic amines is 1.